The van der Waals surface area contributed by atoms with Gasteiger partial charge in [-0.25, -0.2) is 4.79 Å². The fourth-order valence-corrected chi connectivity index (χ4v) is 0.822. The number of primary amides is 1. The molecule has 0 aromatic heterocycles. The van der Waals surface area contributed by atoms with Crippen molar-refractivity contribution < 1.29 is 14.6 Å². The molecule has 0 spiro atoms. The first-order chi connectivity index (χ1) is 5.61. The lowest BCUT2D eigenvalue weighted by atomic mass is 10.2. The zero-order valence-corrected chi connectivity index (χ0v) is 6.57. The molecule has 0 fully saturated rings. The van der Waals surface area contributed by atoms with Crippen LogP contribution in [0.25, 0.3) is 0 Å². The number of phenols is 1. The zero-order chi connectivity index (χ0) is 9.14. The van der Waals surface area contributed by atoms with Crippen LogP contribution in [0.4, 0.5) is 4.79 Å². The molecule has 0 bridgehead atoms. The average Bonchev–Trinajstić information content (AvgIpc) is 1.98. The number of hydrogen-bond acceptors (Lipinski definition) is 3. The van der Waals surface area contributed by atoms with Crippen molar-refractivity contribution in [2.45, 2.75) is 6.92 Å². The first kappa shape index (κ1) is 8.39. The molecular weight excluding hydrogens is 158 g/mol. The Morgan fingerprint density at radius 2 is 2.25 bits per heavy atom. The van der Waals surface area contributed by atoms with Crippen molar-refractivity contribution in [2.75, 3.05) is 0 Å². The van der Waals surface area contributed by atoms with E-state index in [2.05, 4.69) is 4.74 Å². The van der Waals surface area contributed by atoms with Gasteiger partial charge >= 0.3 is 6.09 Å². The second-order valence-electron chi connectivity index (χ2n) is 2.32. The summed E-state index contributed by atoms with van der Waals surface area (Å²) in [5.74, 6) is 0.358. The minimum Gasteiger partial charge on any atom is -0.508 e. The van der Waals surface area contributed by atoms with E-state index in [0.717, 1.165) is 0 Å². The number of nitrogens with two attached hydrogens (primary N) is 1. The van der Waals surface area contributed by atoms with Gasteiger partial charge < -0.3 is 15.6 Å². The number of carbonyl (C=O) groups is 1. The maximum atomic E-state index is 10.4. The number of hydrogen-bond donors (Lipinski definition) is 2. The largest absolute Gasteiger partial charge is 0.508 e. The fraction of sp³-hybridized carbons (Fsp3) is 0.125. The summed E-state index contributed by atoms with van der Waals surface area (Å²) < 4.78 is 4.60. The second-order valence-corrected chi connectivity index (χ2v) is 2.32. The molecule has 0 aliphatic heterocycles. The Morgan fingerprint density at radius 1 is 1.58 bits per heavy atom. The molecule has 0 saturated heterocycles. The normalized spacial score (nSPS) is 9.42. The number of aromatic hydroxyl groups is 1. The summed E-state index contributed by atoms with van der Waals surface area (Å²) in [7, 11) is 0. The highest BCUT2D eigenvalue weighted by molar-refractivity contribution is 5.69. The van der Waals surface area contributed by atoms with Crippen molar-refractivity contribution in [3.8, 4) is 11.5 Å². The number of rotatable bonds is 1. The summed E-state index contributed by atoms with van der Waals surface area (Å²) in [5.41, 5.74) is 5.30. The van der Waals surface area contributed by atoms with Crippen molar-refractivity contribution in [1.82, 2.24) is 0 Å². The molecular formula is C8H9NO3. The first-order valence-corrected chi connectivity index (χ1v) is 3.37. The third kappa shape index (κ3) is 1.66. The molecule has 0 aliphatic carbocycles. The van der Waals surface area contributed by atoms with Crippen LogP contribution in [0.3, 0.4) is 0 Å². The molecule has 4 nitrogen and oxygen atoms in total. The number of benzene rings is 1. The van der Waals surface area contributed by atoms with Crippen LogP contribution < -0.4 is 10.5 Å². The van der Waals surface area contributed by atoms with E-state index in [-0.39, 0.29) is 11.5 Å². The smallest absolute Gasteiger partial charge is 0.409 e. The Hall–Kier alpha value is -1.71. The zero-order valence-electron chi connectivity index (χ0n) is 6.57. The molecule has 3 N–H and O–H groups in total. The van der Waals surface area contributed by atoms with E-state index in [1.165, 1.54) is 6.07 Å². The van der Waals surface area contributed by atoms with Crippen molar-refractivity contribution in [1.29, 1.82) is 0 Å². The summed E-state index contributed by atoms with van der Waals surface area (Å²) in [5, 5.41) is 9.18. The van der Waals surface area contributed by atoms with Gasteiger partial charge in [-0.15, -0.1) is 0 Å². The van der Waals surface area contributed by atoms with Crippen LogP contribution in [0.2, 0.25) is 0 Å². The van der Waals surface area contributed by atoms with Gasteiger partial charge in [-0.1, -0.05) is 6.07 Å². The Morgan fingerprint density at radius 3 is 2.83 bits per heavy atom. The van der Waals surface area contributed by atoms with Gasteiger partial charge in [0, 0.05) is 5.56 Å². The summed E-state index contributed by atoms with van der Waals surface area (Å²) in [4.78, 5) is 10.4. The lowest BCUT2D eigenvalue weighted by Crippen LogP contribution is -2.16. The quantitative estimate of drug-likeness (QED) is 0.659. The predicted octanol–water partition coefficient (Wildman–Crippen LogP) is 1.16. The van der Waals surface area contributed by atoms with Gasteiger partial charge in [0.2, 0.25) is 0 Å². The summed E-state index contributed by atoms with van der Waals surface area (Å²) in [6, 6.07) is 4.63. The Bertz CT molecular complexity index is 309. The molecule has 0 heterocycles. The highest BCUT2D eigenvalue weighted by atomic mass is 16.5. The molecule has 1 rings (SSSR count). The van der Waals surface area contributed by atoms with Crippen LogP contribution in [0.15, 0.2) is 18.2 Å². The van der Waals surface area contributed by atoms with Crippen LogP contribution in [0.1, 0.15) is 5.56 Å². The van der Waals surface area contributed by atoms with Gasteiger partial charge in [0.15, 0.2) is 0 Å². The van der Waals surface area contributed by atoms with Crippen molar-refractivity contribution in [3.05, 3.63) is 23.8 Å². The Labute approximate surface area is 69.6 Å². The molecule has 0 atom stereocenters. The Kier molecular flexibility index (Phi) is 2.19. The second kappa shape index (κ2) is 3.13. The minimum atomic E-state index is -0.885. The van der Waals surface area contributed by atoms with Gasteiger partial charge in [-0.2, -0.15) is 0 Å². The van der Waals surface area contributed by atoms with Crippen LogP contribution >= 0.6 is 0 Å². The van der Waals surface area contributed by atoms with E-state index in [4.69, 9.17) is 5.73 Å². The number of carbonyl (C=O) groups excluding carboxylic acids is 1. The number of amides is 1. The fourth-order valence-electron chi connectivity index (χ4n) is 0.822. The van der Waals surface area contributed by atoms with Crippen molar-refractivity contribution in [3.63, 3.8) is 0 Å². The van der Waals surface area contributed by atoms with Gasteiger partial charge in [-0.3, -0.25) is 0 Å². The molecule has 4 heteroatoms. The van der Waals surface area contributed by atoms with Crippen LogP contribution in [0, 0.1) is 6.92 Å². The minimum absolute atomic E-state index is 0.0775. The highest BCUT2D eigenvalue weighted by Crippen LogP contribution is 2.25. The molecule has 1 aromatic rings. The van der Waals surface area contributed by atoms with Crippen molar-refractivity contribution >= 4 is 6.09 Å². The molecule has 12 heavy (non-hydrogen) atoms. The first-order valence-electron chi connectivity index (χ1n) is 3.37. The molecule has 1 aromatic carbocycles. The Balaban J connectivity index is 3.00. The van der Waals surface area contributed by atoms with Gasteiger partial charge in [0.1, 0.15) is 11.5 Å². The average molecular weight is 167 g/mol. The van der Waals surface area contributed by atoms with E-state index >= 15 is 0 Å². The molecule has 0 aliphatic rings. The summed E-state index contributed by atoms with van der Waals surface area (Å²) in [6.07, 6.45) is -0.885. The number of ether oxygens (including phenoxy) is 1. The number of phenolic OH excluding ortho intramolecular Hbond substituents is 1. The van der Waals surface area contributed by atoms with E-state index in [0.29, 0.717) is 5.56 Å². The third-order valence-electron chi connectivity index (χ3n) is 1.47. The van der Waals surface area contributed by atoms with Crippen LogP contribution in [-0.2, 0) is 0 Å². The maximum absolute atomic E-state index is 10.4. The highest BCUT2D eigenvalue weighted by Gasteiger charge is 2.05. The summed E-state index contributed by atoms with van der Waals surface area (Å²) in [6.45, 7) is 1.63. The third-order valence-corrected chi connectivity index (χ3v) is 1.47. The SMILES string of the molecule is Cc1c(O)cccc1OC(N)=O. The molecule has 0 saturated carbocycles. The van der Waals surface area contributed by atoms with E-state index in [1.54, 1.807) is 19.1 Å². The lowest BCUT2D eigenvalue weighted by Gasteiger charge is -2.05. The molecule has 0 unspecified atom stereocenters. The van der Waals surface area contributed by atoms with Gasteiger partial charge in [0.05, 0.1) is 0 Å². The maximum Gasteiger partial charge on any atom is 0.409 e. The molecule has 64 valence electrons. The lowest BCUT2D eigenvalue weighted by molar-refractivity contribution is 0.210. The van der Waals surface area contributed by atoms with Gasteiger partial charge in [0.25, 0.3) is 0 Å². The topological polar surface area (TPSA) is 72.6 Å². The predicted molar refractivity (Wildman–Crippen MR) is 43.1 cm³/mol. The van der Waals surface area contributed by atoms with Crippen LogP contribution in [0.5, 0.6) is 11.5 Å². The standard InChI is InChI=1S/C8H9NO3/c1-5-6(10)3-2-4-7(5)12-8(9)11/h2-4,10H,1H3,(H2,9,11). The summed E-state index contributed by atoms with van der Waals surface area (Å²) >= 11 is 0. The van der Waals surface area contributed by atoms with Gasteiger partial charge in [-0.05, 0) is 19.1 Å². The monoisotopic (exact) mass is 167 g/mol. The van der Waals surface area contributed by atoms with Crippen molar-refractivity contribution in [2.24, 2.45) is 5.73 Å². The van der Waals surface area contributed by atoms with Crippen LogP contribution in [-0.4, -0.2) is 11.2 Å². The van der Waals surface area contributed by atoms with E-state index < -0.39 is 6.09 Å². The van der Waals surface area contributed by atoms with E-state index in [9.17, 15) is 9.90 Å². The molecule has 0 radical (unpaired) electrons. The molecule has 1 amide bonds. The van der Waals surface area contributed by atoms with E-state index in [1.807, 2.05) is 0 Å².